The largest absolute Gasteiger partial charge is 0.362 e. The number of aromatic nitrogens is 3. The second kappa shape index (κ2) is 5.25. The average molecular weight is 271 g/mol. The fourth-order valence-corrected chi connectivity index (χ4v) is 2.81. The molecule has 0 amide bonds. The second-order valence-corrected chi connectivity index (χ2v) is 5.68. The summed E-state index contributed by atoms with van der Waals surface area (Å²) in [7, 11) is 0. The van der Waals surface area contributed by atoms with Crippen molar-refractivity contribution in [3.05, 3.63) is 41.5 Å². The van der Waals surface area contributed by atoms with Crippen molar-refractivity contribution in [2.75, 3.05) is 11.4 Å². The van der Waals surface area contributed by atoms with E-state index in [1.54, 1.807) is 0 Å². The first kappa shape index (κ1) is 13.1. The molecule has 0 bridgehead atoms. The Morgan fingerprint density at radius 2 is 2.20 bits per heavy atom. The standard InChI is InChI=1S/C15H21N5/c1-11-3-4-14(13(7-11)8-12(2)16)19-5-6-20-10-17-18-15(20)9-19/h3-4,7,10,12H,5-6,8-9,16H2,1-2H3. The summed E-state index contributed by atoms with van der Waals surface area (Å²) >= 11 is 0. The van der Waals surface area contributed by atoms with Crippen LogP contribution in [0.3, 0.4) is 0 Å². The Balaban J connectivity index is 1.90. The lowest BCUT2D eigenvalue weighted by atomic mass is 10.0. The molecule has 1 unspecified atom stereocenters. The predicted molar refractivity (Wildman–Crippen MR) is 79.6 cm³/mol. The van der Waals surface area contributed by atoms with Gasteiger partial charge in [0, 0.05) is 24.8 Å². The van der Waals surface area contributed by atoms with E-state index >= 15 is 0 Å². The van der Waals surface area contributed by atoms with Crippen LogP contribution in [0, 0.1) is 6.92 Å². The van der Waals surface area contributed by atoms with Gasteiger partial charge in [0.2, 0.25) is 0 Å². The van der Waals surface area contributed by atoms with Crippen molar-refractivity contribution in [3.63, 3.8) is 0 Å². The molecular weight excluding hydrogens is 250 g/mol. The quantitative estimate of drug-likeness (QED) is 0.919. The van der Waals surface area contributed by atoms with Gasteiger partial charge in [0.25, 0.3) is 0 Å². The maximum absolute atomic E-state index is 5.99. The normalized spacial score (nSPS) is 16.1. The van der Waals surface area contributed by atoms with Gasteiger partial charge >= 0.3 is 0 Å². The van der Waals surface area contributed by atoms with E-state index in [1.165, 1.54) is 16.8 Å². The van der Waals surface area contributed by atoms with Crippen LogP contribution in [0.15, 0.2) is 24.5 Å². The summed E-state index contributed by atoms with van der Waals surface area (Å²) in [6, 6.07) is 6.79. The van der Waals surface area contributed by atoms with Gasteiger partial charge in [0.1, 0.15) is 6.33 Å². The molecule has 5 heteroatoms. The van der Waals surface area contributed by atoms with Crippen LogP contribution in [0.5, 0.6) is 0 Å². The third-order valence-electron chi connectivity index (χ3n) is 3.76. The molecule has 3 rings (SSSR count). The molecular formula is C15H21N5. The predicted octanol–water partition coefficient (Wildman–Crippen LogP) is 1.50. The van der Waals surface area contributed by atoms with Crippen LogP contribution in [0.2, 0.25) is 0 Å². The maximum Gasteiger partial charge on any atom is 0.152 e. The molecule has 106 valence electrons. The topological polar surface area (TPSA) is 60.0 Å². The van der Waals surface area contributed by atoms with Gasteiger partial charge in [-0.25, -0.2) is 0 Å². The Labute approximate surface area is 119 Å². The van der Waals surface area contributed by atoms with E-state index in [2.05, 4.69) is 51.7 Å². The molecule has 0 fully saturated rings. The first-order valence-corrected chi connectivity index (χ1v) is 7.10. The molecule has 0 spiro atoms. The molecule has 2 heterocycles. The highest BCUT2D eigenvalue weighted by molar-refractivity contribution is 5.55. The molecule has 1 aromatic heterocycles. The number of aryl methyl sites for hydroxylation is 1. The number of hydrogen-bond donors (Lipinski definition) is 1. The molecule has 1 aliphatic rings. The number of fused-ring (bicyclic) bond motifs is 1. The number of rotatable bonds is 3. The molecule has 1 aliphatic heterocycles. The lowest BCUT2D eigenvalue weighted by Crippen LogP contribution is -2.34. The fourth-order valence-electron chi connectivity index (χ4n) is 2.81. The molecule has 1 aromatic carbocycles. The minimum Gasteiger partial charge on any atom is -0.362 e. The number of nitrogens with zero attached hydrogens (tertiary/aromatic N) is 4. The summed E-state index contributed by atoms with van der Waals surface area (Å²) < 4.78 is 2.12. The second-order valence-electron chi connectivity index (χ2n) is 5.68. The van der Waals surface area contributed by atoms with Crippen molar-refractivity contribution >= 4 is 5.69 Å². The first-order valence-electron chi connectivity index (χ1n) is 7.10. The van der Waals surface area contributed by atoms with Gasteiger partial charge in [0.05, 0.1) is 6.54 Å². The van der Waals surface area contributed by atoms with E-state index in [1.807, 2.05) is 6.33 Å². The van der Waals surface area contributed by atoms with Crippen molar-refractivity contribution in [1.82, 2.24) is 14.8 Å². The summed E-state index contributed by atoms with van der Waals surface area (Å²) in [6.07, 6.45) is 2.71. The number of anilines is 1. The van der Waals surface area contributed by atoms with Crippen LogP contribution in [-0.2, 0) is 19.5 Å². The molecule has 2 N–H and O–H groups in total. The molecule has 0 radical (unpaired) electrons. The SMILES string of the molecule is Cc1ccc(N2CCn3cnnc3C2)c(CC(C)N)c1. The third kappa shape index (κ3) is 2.54. The van der Waals surface area contributed by atoms with Crippen molar-refractivity contribution in [2.45, 2.75) is 39.4 Å². The summed E-state index contributed by atoms with van der Waals surface area (Å²) in [6.45, 7) is 6.92. The van der Waals surface area contributed by atoms with E-state index in [0.29, 0.717) is 0 Å². The van der Waals surface area contributed by atoms with Crippen LogP contribution in [-0.4, -0.2) is 27.4 Å². The Morgan fingerprint density at radius 1 is 1.35 bits per heavy atom. The highest BCUT2D eigenvalue weighted by atomic mass is 15.3. The smallest absolute Gasteiger partial charge is 0.152 e. The van der Waals surface area contributed by atoms with E-state index in [9.17, 15) is 0 Å². The minimum atomic E-state index is 0.170. The molecule has 0 saturated carbocycles. The van der Waals surface area contributed by atoms with Gasteiger partial charge in [-0.3, -0.25) is 0 Å². The van der Waals surface area contributed by atoms with Gasteiger partial charge in [0.15, 0.2) is 5.82 Å². The van der Waals surface area contributed by atoms with E-state index in [0.717, 1.165) is 31.9 Å². The zero-order valence-electron chi connectivity index (χ0n) is 12.1. The Morgan fingerprint density at radius 3 is 3.00 bits per heavy atom. The van der Waals surface area contributed by atoms with E-state index in [4.69, 9.17) is 5.73 Å². The van der Waals surface area contributed by atoms with Gasteiger partial charge in [-0.15, -0.1) is 10.2 Å². The lowest BCUT2D eigenvalue weighted by Gasteiger charge is -2.31. The van der Waals surface area contributed by atoms with Gasteiger partial charge < -0.3 is 15.2 Å². The molecule has 0 aliphatic carbocycles. The van der Waals surface area contributed by atoms with E-state index < -0.39 is 0 Å². The lowest BCUT2D eigenvalue weighted by molar-refractivity contribution is 0.558. The minimum absolute atomic E-state index is 0.170. The highest BCUT2D eigenvalue weighted by Gasteiger charge is 2.20. The summed E-state index contributed by atoms with van der Waals surface area (Å²) in [5.41, 5.74) is 9.88. The summed E-state index contributed by atoms with van der Waals surface area (Å²) in [4.78, 5) is 2.38. The summed E-state index contributed by atoms with van der Waals surface area (Å²) in [5, 5.41) is 8.17. The molecule has 0 saturated heterocycles. The Hall–Kier alpha value is -1.88. The van der Waals surface area contributed by atoms with Crippen molar-refractivity contribution < 1.29 is 0 Å². The Kier molecular flexibility index (Phi) is 3.44. The monoisotopic (exact) mass is 271 g/mol. The molecule has 2 aromatic rings. The van der Waals surface area contributed by atoms with Gasteiger partial charge in [-0.2, -0.15) is 0 Å². The molecule has 5 nitrogen and oxygen atoms in total. The zero-order chi connectivity index (χ0) is 14.1. The van der Waals surface area contributed by atoms with Gasteiger partial charge in [-0.1, -0.05) is 17.7 Å². The van der Waals surface area contributed by atoms with Crippen LogP contribution >= 0.6 is 0 Å². The van der Waals surface area contributed by atoms with Crippen molar-refractivity contribution in [1.29, 1.82) is 0 Å². The van der Waals surface area contributed by atoms with Gasteiger partial charge in [-0.05, 0) is 31.9 Å². The van der Waals surface area contributed by atoms with Crippen molar-refractivity contribution in [2.24, 2.45) is 5.73 Å². The molecule has 1 atom stereocenters. The summed E-state index contributed by atoms with van der Waals surface area (Å²) in [5.74, 6) is 1.03. The van der Waals surface area contributed by atoms with Crippen LogP contribution in [0.25, 0.3) is 0 Å². The van der Waals surface area contributed by atoms with Crippen LogP contribution < -0.4 is 10.6 Å². The van der Waals surface area contributed by atoms with Crippen LogP contribution in [0.4, 0.5) is 5.69 Å². The van der Waals surface area contributed by atoms with Crippen molar-refractivity contribution in [3.8, 4) is 0 Å². The van der Waals surface area contributed by atoms with Crippen LogP contribution in [0.1, 0.15) is 23.9 Å². The number of benzene rings is 1. The Bertz CT molecular complexity index is 602. The molecule has 20 heavy (non-hydrogen) atoms. The number of nitrogens with two attached hydrogens (primary N) is 1. The average Bonchev–Trinajstić information content (AvgIpc) is 2.85. The number of hydrogen-bond acceptors (Lipinski definition) is 4. The first-order chi connectivity index (χ1) is 9.63. The maximum atomic E-state index is 5.99. The third-order valence-corrected chi connectivity index (χ3v) is 3.76. The fraction of sp³-hybridized carbons (Fsp3) is 0.467. The highest BCUT2D eigenvalue weighted by Crippen LogP contribution is 2.26. The zero-order valence-corrected chi connectivity index (χ0v) is 12.1. The van der Waals surface area contributed by atoms with E-state index in [-0.39, 0.29) is 6.04 Å².